The third-order valence-electron chi connectivity index (χ3n) is 10.9. The summed E-state index contributed by atoms with van der Waals surface area (Å²) in [6, 6.07) is 2.57. The Hall–Kier alpha value is -5.41. The van der Waals surface area contributed by atoms with E-state index in [0.29, 0.717) is 73.8 Å². The van der Waals surface area contributed by atoms with Crippen LogP contribution in [0.2, 0.25) is 0 Å². The van der Waals surface area contributed by atoms with Crippen LogP contribution in [-0.4, -0.2) is 87.3 Å². The molecule has 0 saturated heterocycles. The summed E-state index contributed by atoms with van der Waals surface area (Å²) in [4.78, 5) is 67.2. The van der Waals surface area contributed by atoms with E-state index in [2.05, 4.69) is 5.32 Å². The van der Waals surface area contributed by atoms with E-state index in [0.717, 1.165) is 0 Å². The summed E-state index contributed by atoms with van der Waals surface area (Å²) < 4.78 is 26.5. The smallest absolute Gasteiger partial charge is 0.305 e. The molecule has 0 spiro atoms. The zero-order valence-corrected chi connectivity index (χ0v) is 33.4. The average Bonchev–Trinajstić information content (AvgIpc) is 3.33. The zero-order chi connectivity index (χ0) is 41.8. The molecule has 14 nitrogen and oxygen atoms in total. The molecule has 0 aromatic heterocycles. The monoisotopic (exact) mass is 799 g/mol. The molecule has 0 heterocycles. The maximum absolute atomic E-state index is 14.4. The van der Waals surface area contributed by atoms with Gasteiger partial charge in [-0.2, -0.15) is 0 Å². The van der Waals surface area contributed by atoms with Crippen molar-refractivity contribution in [3.63, 3.8) is 0 Å². The highest BCUT2D eigenvalue weighted by atomic mass is 16.6. The van der Waals surface area contributed by atoms with Crippen molar-refractivity contribution in [2.75, 3.05) is 59.6 Å². The van der Waals surface area contributed by atoms with E-state index in [-0.39, 0.29) is 97.1 Å². The number of Topliss-reactive ketones (excluding diaryl/α,β-unsaturated/α-hetero) is 1. The Labute approximate surface area is 334 Å². The average molecular weight is 800 g/mol. The Bertz CT molecular complexity index is 2540. The minimum absolute atomic E-state index is 0.00866. The number of unbranched alkanes of at least 4 members (excludes halogenated alkanes) is 1. The van der Waals surface area contributed by atoms with Gasteiger partial charge in [-0.15, -0.1) is 0 Å². The highest BCUT2D eigenvalue weighted by molar-refractivity contribution is 6.39. The number of ether oxygens (including phenoxy) is 5. The van der Waals surface area contributed by atoms with Crippen LogP contribution < -0.4 is 20.9 Å². The standard InChI is InChI=1S/C44H49NO13/c1-22-17-27-26(9-6-7-10-30(51)57-15-13-54-3)43(53)37-29(50)19-25(21-47)33-34-24(20-46)18-28(49)36-39(34)40(35(27)38(33)37)41(32(22)23(2)48)44(56-5)42(36)45-12-8-11-31(52)58-16-14-55-4/h17-19,32,45-47,53H,6-16,20-21H2,1-5H3. The number of aromatic hydroxyl groups is 1. The summed E-state index contributed by atoms with van der Waals surface area (Å²) in [5, 5.41) is 39.7. The van der Waals surface area contributed by atoms with Crippen LogP contribution in [0.1, 0.15) is 79.7 Å². The second kappa shape index (κ2) is 18.0. The van der Waals surface area contributed by atoms with Gasteiger partial charge in [0.05, 0.1) is 55.9 Å². The first kappa shape index (κ1) is 42.2. The van der Waals surface area contributed by atoms with Crippen LogP contribution >= 0.6 is 0 Å². The second-order valence-electron chi connectivity index (χ2n) is 14.5. The number of hydrogen-bond acceptors (Lipinski definition) is 14. The number of nitrogens with one attached hydrogen (secondary N) is 1. The highest BCUT2D eigenvalue weighted by Crippen LogP contribution is 2.56. The van der Waals surface area contributed by atoms with E-state index >= 15 is 0 Å². The molecule has 1 aliphatic carbocycles. The van der Waals surface area contributed by atoms with Crippen LogP contribution in [0.5, 0.6) is 11.5 Å². The lowest BCUT2D eigenvalue weighted by Crippen LogP contribution is -2.17. The Morgan fingerprint density at radius 2 is 1.29 bits per heavy atom. The third-order valence-corrected chi connectivity index (χ3v) is 10.9. The molecule has 4 N–H and O–H groups in total. The number of aliphatic hydroxyl groups is 2. The summed E-state index contributed by atoms with van der Waals surface area (Å²) >= 11 is 0. The predicted octanol–water partition coefficient (Wildman–Crippen LogP) is 4.97. The molecule has 1 aliphatic rings. The first-order chi connectivity index (χ1) is 27.9. The lowest BCUT2D eigenvalue weighted by Gasteiger charge is -2.27. The largest absolute Gasteiger partial charge is 0.507 e. The van der Waals surface area contributed by atoms with Crippen LogP contribution in [0.4, 0.5) is 5.69 Å². The number of carbonyl (C=O) groups excluding carboxylic acids is 3. The van der Waals surface area contributed by atoms with Gasteiger partial charge in [-0.1, -0.05) is 11.6 Å². The molecule has 0 radical (unpaired) electrons. The maximum Gasteiger partial charge on any atom is 0.305 e. The van der Waals surface area contributed by atoms with Crippen molar-refractivity contribution in [3.8, 4) is 11.5 Å². The number of esters is 2. The van der Waals surface area contributed by atoms with Crippen LogP contribution in [0.3, 0.4) is 0 Å². The van der Waals surface area contributed by atoms with Gasteiger partial charge in [0, 0.05) is 55.5 Å². The van der Waals surface area contributed by atoms with Crippen LogP contribution in [-0.2, 0) is 53.0 Å². The number of benzene rings is 5. The molecule has 0 aliphatic heterocycles. The molecule has 58 heavy (non-hydrogen) atoms. The molecule has 0 bridgehead atoms. The Balaban J connectivity index is 1.69. The predicted molar refractivity (Wildman–Crippen MR) is 219 cm³/mol. The number of rotatable bonds is 20. The van der Waals surface area contributed by atoms with Crippen molar-refractivity contribution in [2.45, 2.75) is 71.5 Å². The van der Waals surface area contributed by atoms with Crippen molar-refractivity contribution in [2.24, 2.45) is 0 Å². The van der Waals surface area contributed by atoms with Crippen LogP contribution in [0, 0.1) is 0 Å². The van der Waals surface area contributed by atoms with Crippen molar-refractivity contribution in [1.82, 2.24) is 0 Å². The Morgan fingerprint density at radius 1 is 0.724 bits per heavy atom. The molecule has 1 atom stereocenters. The van der Waals surface area contributed by atoms with Gasteiger partial charge < -0.3 is 44.3 Å². The summed E-state index contributed by atoms with van der Waals surface area (Å²) in [5.74, 6) is -2.02. The SMILES string of the molecule is COCCOC(=O)CCCCc1c(O)c2c(=O)cc(CO)c3c4c(CO)cc(=O)c5c(NCCCC(=O)OCCOC)c(OC)c6c(c(c1C=C(C)C6C(C)=O)c23)c54. The molecule has 0 saturated carbocycles. The third kappa shape index (κ3) is 7.52. The lowest BCUT2D eigenvalue weighted by atomic mass is 9.78. The molecule has 14 heteroatoms. The van der Waals surface area contributed by atoms with Gasteiger partial charge in [0.25, 0.3) is 0 Å². The van der Waals surface area contributed by atoms with Crippen LogP contribution in [0.15, 0.2) is 27.3 Å². The number of aliphatic hydroxyl groups excluding tert-OH is 2. The number of allylic oxidation sites excluding steroid dienone is 1. The van der Waals surface area contributed by atoms with E-state index in [1.807, 2.05) is 6.08 Å². The minimum atomic E-state index is -0.917. The van der Waals surface area contributed by atoms with Gasteiger partial charge in [-0.3, -0.25) is 24.0 Å². The fraction of sp³-hybridized carbons (Fsp3) is 0.432. The molecule has 0 fully saturated rings. The molecule has 5 aromatic rings. The summed E-state index contributed by atoms with van der Waals surface area (Å²) in [6.45, 7) is 3.09. The number of phenolic OH excluding ortho intramolecular Hbond substituents is 1. The van der Waals surface area contributed by atoms with Crippen LogP contribution in [0.25, 0.3) is 49.2 Å². The zero-order valence-electron chi connectivity index (χ0n) is 33.4. The fourth-order valence-electron chi connectivity index (χ4n) is 8.58. The topological polar surface area (TPSA) is 204 Å². The second-order valence-corrected chi connectivity index (χ2v) is 14.5. The molecule has 0 amide bonds. The first-order valence-electron chi connectivity index (χ1n) is 19.3. The quantitative estimate of drug-likeness (QED) is 0.0356. The summed E-state index contributed by atoms with van der Waals surface area (Å²) in [7, 11) is 4.45. The molecule has 6 rings (SSSR count). The van der Waals surface area contributed by atoms with Crippen molar-refractivity contribution < 1.29 is 53.4 Å². The number of methoxy groups -OCH3 is 3. The van der Waals surface area contributed by atoms with Gasteiger partial charge in [-0.05, 0) is 89.9 Å². The Morgan fingerprint density at radius 3 is 1.84 bits per heavy atom. The van der Waals surface area contributed by atoms with Gasteiger partial charge in [0.15, 0.2) is 10.9 Å². The number of carbonyl (C=O) groups is 3. The van der Waals surface area contributed by atoms with Crippen molar-refractivity contribution >= 4 is 72.6 Å². The molecular weight excluding hydrogens is 750 g/mol. The van der Waals surface area contributed by atoms with Gasteiger partial charge in [-0.25, -0.2) is 0 Å². The molecule has 1 unspecified atom stereocenters. The van der Waals surface area contributed by atoms with E-state index in [1.54, 1.807) is 6.92 Å². The minimum Gasteiger partial charge on any atom is -0.507 e. The maximum atomic E-state index is 14.4. The van der Waals surface area contributed by atoms with Crippen molar-refractivity contribution in [1.29, 1.82) is 0 Å². The van der Waals surface area contributed by atoms with Gasteiger partial charge >= 0.3 is 11.9 Å². The highest BCUT2D eigenvalue weighted by Gasteiger charge is 2.36. The summed E-state index contributed by atoms with van der Waals surface area (Å²) in [5.41, 5.74) is 1.70. The van der Waals surface area contributed by atoms with E-state index in [9.17, 15) is 39.3 Å². The molecule has 5 aromatic carbocycles. The lowest BCUT2D eigenvalue weighted by molar-refractivity contribution is -0.145. The van der Waals surface area contributed by atoms with Gasteiger partial charge in [0.2, 0.25) is 0 Å². The van der Waals surface area contributed by atoms with E-state index in [1.165, 1.54) is 40.4 Å². The van der Waals surface area contributed by atoms with Gasteiger partial charge in [0.1, 0.15) is 30.5 Å². The molecule has 308 valence electrons. The normalized spacial score (nSPS) is 13.8. The summed E-state index contributed by atoms with van der Waals surface area (Å²) in [6.07, 6.45) is 3.40. The number of anilines is 1. The number of hydrogen-bond donors (Lipinski definition) is 4. The Kier molecular flexibility index (Phi) is 13.1. The van der Waals surface area contributed by atoms with E-state index < -0.39 is 41.9 Å². The number of fused-ring (bicyclic) bond motifs is 1. The number of ketones is 1. The van der Waals surface area contributed by atoms with E-state index in [4.69, 9.17) is 23.7 Å². The molecular formula is C44H49NO13. The number of phenols is 1. The fourth-order valence-corrected chi connectivity index (χ4v) is 8.58. The first-order valence-corrected chi connectivity index (χ1v) is 19.3. The van der Waals surface area contributed by atoms with Crippen molar-refractivity contribution in [3.05, 3.63) is 66.0 Å².